The summed E-state index contributed by atoms with van der Waals surface area (Å²) in [6.45, 7) is 0. The van der Waals surface area contributed by atoms with Gasteiger partial charge in [0.05, 0.1) is 16.8 Å². The van der Waals surface area contributed by atoms with Gasteiger partial charge in [0.2, 0.25) is 0 Å². The van der Waals surface area contributed by atoms with E-state index in [2.05, 4.69) is 200 Å². The lowest BCUT2D eigenvalue weighted by molar-refractivity contribution is 0.669. The van der Waals surface area contributed by atoms with Crippen molar-refractivity contribution in [3.8, 4) is 78.4 Å². The molecule has 2 heterocycles. The number of benzene rings is 9. The van der Waals surface area contributed by atoms with Crippen LogP contribution >= 0.6 is 0 Å². The maximum atomic E-state index is 6.39. The van der Waals surface area contributed by atoms with Crippen molar-refractivity contribution < 1.29 is 4.42 Å². The standard InChI is InChI=1S/C59H36N2O/c1-2-14-37(15-3-1)38-26-28-39(29-27-38)58-60-54(36-55(61-58)41-30-32-48-47-21-9-13-25-56(47)62-57(48)35-41)40-31-33-53-49(34-40)43-17-5-4-16-42(43)44-18-6-10-22-50(44)59(53)51-23-11-7-19-45(51)46-20-8-12-24-52(46)59/h1-36H. The molecule has 0 N–H and O–H groups in total. The molecule has 2 aromatic heterocycles. The van der Waals surface area contributed by atoms with Crippen molar-refractivity contribution in [2.75, 3.05) is 0 Å². The van der Waals surface area contributed by atoms with Crippen LogP contribution in [-0.2, 0) is 5.41 Å². The van der Waals surface area contributed by atoms with Crippen LogP contribution in [0.1, 0.15) is 22.3 Å². The summed E-state index contributed by atoms with van der Waals surface area (Å²) in [5, 5.41) is 2.19. The van der Waals surface area contributed by atoms with Crippen LogP contribution in [0.3, 0.4) is 0 Å². The van der Waals surface area contributed by atoms with E-state index in [1.54, 1.807) is 0 Å². The SMILES string of the molecule is c1ccc(-c2ccc(-c3nc(-c4ccc5c(c4)-c4ccccc4-c4ccccc4C54c5ccccc5-c5ccccc54)cc(-c4ccc5c(c4)oc4ccccc45)n3)cc2)cc1. The molecule has 11 aromatic rings. The second-order valence-electron chi connectivity index (χ2n) is 16.4. The van der Waals surface area contributed by atoms with Crippen molar-refractivity contribution >= 4 is 21.9 Å². The van der Waals surface area contributed by atoms with Gasteiger partial charge in [-0.05, 0) is 97.1 Å². The topological polar surface area (TPSA) is 38.9 Å². The first kappa shape index (κ1) is 34.7. The molecule has 0 saturated carbocycles. The predicted molar refractivity (Wildman–Crippen MR) is 253 cm³/mol. The normalized spacial score (nSPS) is 13.0. The highest BCUT2D eigenvalue weighted by atomic mass is 16.3. The van der Waals surface area contributed by atoms with E-state index < -0.39 is 5.41 Å². The summed E-state index contributed by atoms with van der Waals surface area (Å²) >= 11 is 0. The predicted octanol–water partition coefficient (Wildman–Crippen LogP) is 15.1. The highest BCUT2D eigenvalue weighted by Gasteiger charge is 2.49. The van der Waals surface area contributed by atoms with Crippen LogP contribution in [0.4, 0.5) is 0 Å². The first-order chi connectivity index (χ1) is 30.7. The summed E-state index contributed by atoms with van der Waals surface area (Å²) in [7, 11) is 0. The molecule has 0 fully saturated rings. The minimum absolute atomic E-state index is 0.541. The first-order valence-electron chi connectivity index (χ1n) is 21.2. The van der Waals surface area contributed by atoms with Crippen LogP contribution in [0.5, 0.6) is 0 Å². The largest absolute Gasteiger partial charge is 0.456 e. The lowest BCUT2D eigenvalue weighted by atomic mass is 9.66. The lowest BCUT2D eigenvalue weighted by Crippen LogP contribution is -2.29. The average molecular weight is 789 g/mol. The fraction of sp³-hybridized carbons (Fsp3) is 0.0169. The minimum atomic E-state index is -0.541. The smallest absolute Gasteiger partial charge is 0.160 e. The molecule has 288 valence electrons. The molecular weight excluding hydrogens is 753 g/mol. The van der Waals surface area contributed by atoms with Gasteiger partial charge in [-0.2, -0.15) is 0 Å². The maximum absolute atomic E-state index is 6.39. The summed E-state index contributed by atoms with van der Waals surface area (Å²) in [5.41, 5.74) is 20.7. The van der Waals surface area contributed by atoms with E-state index in [1.807, 2.05) is 18.2 Å². The Hall–Kier alpha value is -8.14. The highest BCUT2D eigenvalue weighted by Crippen LogP contribution is 2.61. The Morgan fingerprint density at radius 3 is 1.42 bits per heavy atom. The van der Waals surface area contributed by atoms with Crippen LogP contribution < -0.4 is 0 Å². The fourth-order valence-corrected chi connectivity index (χ4v) is 10.4. The Kier molecular flexibility index (Phi) is 7.52. The third kappa shape index (κ3) is 5.06. The molecule has 2 aliphatic carbocycles. The van der Waals surface area contributed by atoms with Crippen molar-refractivity contribution in [2.24, 2.45) is 0 Å². The molecule has 62 heavy (non-hydrogen) atoms. The van der Waals surface area contributed by atoms with Crippen LogP contribution in [-0.4, -0.2) is 9.97 Å². The summed E-state index contributed by atoms with van der Waals surface area (Å²) in [6, 6.07) is 78.8. The Labute approximate surface area is 359 Å². The van der Waals surface area contributed by atoms with E-state index in [-0.39, 0.29) is 0 Å². The second kappa shape index (κ2) is 13.4. The van der Waals surface area contributed by atoms with E-state index in [4.69, 9.17) is 14.4 Å². The Bertz CT molecular complexity index is 3540. The summed E-state index contributed by atoms with van der Waals surface area (Å²) < 4.78 is 6.39. The van der Waals surface area contributed by atoms with Gasteiger partial charge in [0.1, 0.15) is 11.2 Å². The zero-order valence-corrected chi connectivity index (χ0v) is 33.6. The zero-order valence-electron chi connectivity index (χ0n) is 33.6. The number of fused-ring (bicyclic) bond motifs is 15. The molecule has 0 radical (unpaired) electrons. The van der Waals surface area contributed by atoms with Gasteiger partial charge in [-0.3, -0.25) is 0 Å². The van der Waals surface area contributed by atoms with Crippen molar-refractivity contribution in [3.05, 3.63) is 241 Å². The monoisotopic (exact) mass is 788 g/mol. The van der Waals surface area contributed by atoms with Gasteiger partial charge >= 0.3 is 0 Å². The molecule has 9 aromatic carbocycles. The molecule has 2 aliphatic rings. The summed E-state index contributed by atoms with van der Waals surface area (Å²) in [4.78, 5) is 10.7. The molecule has 3 nitrogen and oxygen atoms in total. The molecule has 0 saturated heterocycles. The van der Waals surface area contributed by atoms with Gasteiger partial charge in [-0.1, -0.05) is 188 Å². The molecule has 0 amide bonds. The molecule has 0 aliphatic heterocycles. The van der Waals surface area contributed by atoms with E-state index in [0.29, 0.717) is 5.82 Å². The second-order valence-corrected chi connectivity index (χ2v) is 16.4. The molecule has 3 heteroatoms. The fourth-order valence-electron chi connectivity index (χ4n) is 10.4. The van der Waals surface area contributed by atoms with Gasteiger partial charge in [0.25, 0.3) is 0 Å². The van der Waals surface area contributed by atoms with Gasteiger partial charge in [0, 0.05) is 27.5 Å². The van der Waals surface area contributed by atoms with Gasteiger partial charge in [0.15, 0.2) is 5.82 Å². The van der Waals surface area contributed by atoms with E-state index >= 15 is 0 Å². The molecule has 13 rings (SSSR count). The van der Waals surface area contributed by atoms with Crippen LogP contribution in [0, 0.1) is 0 Å². The van der Waals surface area contributed by atoms with Crippen molar-refractivity contribution in [3.63, 3.8) is 0 Å². The summed E-state index contributed by atoms with van der Waals surface area (Å²) in [5.74, 6) is 0.666. The van der Waals surface area contributed by atoms with Crippen LogP contribution in [0.15, 0.2) is 223 Å². The lowest BCUT2D eigenvalue weighted by Gasteiger charge is -2.35. The van der Waals surface area contributed by atoms with Gasteiger partial charge in [-0.25, -0.2) is 9.97 Å². The Morgan fingerprint density at radius 2 is 0.742 bits per heavy atom. The number of hydrogen-bond donors (Lipinski definition) is 0. The number of aromatic nitrogens is 2. The molecule has 0 bridgehead atoms. The molecular formula is C59H36N2O. The minimum Gasteiger partial charge on any atom is -0.456 e. The zero-order chi connectivity index (χ0) is 40.8. The van der Waals surface area contributed by atoms with E-state index in [9.17, 15) is 0 Å². The highest BCUT2D eigenvalue weighted by molar-refractivity contribution is 6.06. The maximum Gasteiger partial charge on any atom is 0.160 e. The first-order valence-corrected chi connectivity index (χ1v) is 21.2. The molecule has 0 atom stereocenters. The Balaban J connectivity index is 1.05. The number of furan rings is 1. The van der Waals surface area contributed by atoms with Crippen molar-refractivity contribution in [1.82, 2.24) is 9.97 Å². The Morgan fingerprint density at radius 1 is 0.290 bits per heavy atom. The number of rotatable bonds is 4. The summed E-state index contributed by atoms with van der Waals surface area (Å²) in [6.07, 6.45) is 0. The van der Waals surface area contributed by atoms with Crippen LogP contribution in [0.2, 0.25) is 0 Å². The number of para-hydroxylation sites is 1. The van der Waals surface area contributed by atoms with Crippen LogP contribution in [0.25, 0.3) is 100 Å². The third-order valence-corrected chi connectivity index (χ3v) is 13.2. The average Bonchev–Trinajstić information content (AvgIpc) is 3.84. The molecule has 1 spiro atoms. The number of nitrogens with zero attached hydrogens (tertiary/aromatic N) is 2. The third-order valence-electron chi connectivity index (χ3n) is 13.2. The van der Waals surface area contributed by atoms with E-state index in [1.165, 1.54) is 61.2 Å². The van der Waals surface area contributed by atoms with Gasteiger partial charge in [-0.15, -0.1) is 0 Å². The molecule has 0 unspecified atom stereocenters. The van der Waals surface area contributed by atoms with Gasteiger partial charge < -0.3 is 4.42 Å². The van der Waals surface area contributed by atoms with Crippen molar-refractivity contribution in [2.45, 2.75) is 5.41 Å². The number of hydrogen-bond acceptors (Lipinski definition) is 3. The quantitative estimate of drug-likeness (QED) is 0.178. The van der Waals surface area contributed by atoms with E-state index in [0.717, 1.165) is 55.6 Å². The van der Waals surface area contributed by atoms with Crippen molar-refractivity contribution in [1.29, 1.82) is 0 Å².